The third-order valence-electron chi connectivity index (χ3n) is 3.40. The van der Waals surface area contributed by atoms with Gasteiger partial charge in [-0.2, -0.15) is 0 Å². The molecule has 0 aliphatic heterocycles. The molecular formula is C15H14ClFN2O. The molecule has 0 fully saturated rings. The maximum atomic E-state index is 13.9. The second-order valence-corrected chi connectivity index (χ2v) is 5.41. The highest BCUT2D eigenvalue weighted by Gasteiger charge is 2.22. The number of para-hydroxylation sites is 1. The molecule has 2 atom stereocenters. The van der Waals surface area contributed by atoms with Gasteiger partial charge in [-0.1, -0.05) is 6.07 Å². The van der Waals surface area contributed by atoms with E-state index < -0.39 is 0 Å². The van der Waals surface area contributed by atoms with Crippen molar-refractivity contribution >= 4 is 22.6 Å². The van der Waals surface area contributed by atoms with Crippen molar-refractivity contribution in [1.82, 2.24) is 9.55 Å². The van der Waals surface area contributed by atoms with Gasteiger partial charge < -0.3 is 8.98 Å². The van der Waals surface area contributed by atoms with E-state index in [0.717, 1.165) is 11.3 Å². The van der Waals surface area contributed by atoms with Gasteiger partial charge in [0.05, 0.1) is 23.2 Å². The first-order chi connectivity index (χ1) is 9.59. The number of imidazole rings is 1. The number of hydrogen-bond donors (Lipinski definition) is 0. The lowest BCUT2D eigenvalue weighted by Crippen LogP contribution is -2.10. The zero-order valence-corrected chi connectivity index (χ0v) is 11.9. The smallest absolute Gasteiger partial charge is 0.151 e. The summed E-state index contributed by atoms with van der Waals surface area (Å²) in [6.07, 6.45) is 1.62. The highest BCUT2D eigenvalue weighted by Crippen LogP contribution is 2.31. The summed E-state index contributed by atoms with van der Waals surface area (Å²) in [6, 6.07) is 8.53. The van der Waals surface area contributed by atoms with E-state index in [4.69, 9.17) is 16.0 Å². The Morgan fingerprint density at radius 1 is 1.25 bits per heavy atom. The summed E-state index contributed by atoms with van der Waals surface area (Å²) < 4.78 is 21.3. The molecule has 0 N–H and O–H groups in total. The second-order valence-electron chi connectivity index (χ2n) is 4.75. The SMILES string of the molecule is CC(Cl)c1nc2c(F)cccc2n1C(C)c1ccco1. The van der Waals surface area contributed by atoms with Crippen molar-refractivity contribution in [3.63, 3.8) is 0 Å². The topological polar surface area (TPSA) is 31.0 Å². The van der Waals surface area contributed by atoms with Gasteiger partial charge in [0, 0.05) is 0 Å². The quantitative estimate of drug-likeness (QED) is 0.656. The number of furan rings is 1. The monoisotopic (exact) mass is 292 g/mol. The van der Waals surface area contributed by atoms with Crippen molar-refractivity contribution in [2.45, 2.75) is 25.3 Å². The van der Waals surface area contributed by atoms with Crippen molar-refractivity contribution < 1.29 is 8.81 Å². The summed E-state index contributed by atoms with van der Waals surface area (Å²) in [5.41, 5.74) is 1.06. The van der Waals surface area contributed by atoms with Gasteiger partial charge in [-0.05, 0) is 38.1 Å². The average molecular weight is 293 g/mol. The Kier molecular flexibility index (Phi) is 3.26. The Hall–Kier alpha value is -1.81. The van der Waals surface area contributed by atoms with Crippen molar-refractivity contribution in [1.29, 1.82) is 0 Å². The third kappa shape index (κ3) is 2.00. The minimum Gasteiger partial charge on any atom is -0.467 e. The summed E-state index contributed by atoms with van der Waals surface area (Å²) >= 11 is 6.20. The van der Waals surface area contributed by atoms with Crippen molar-refractivity contribution in [2.24, 2.45) is 0 Å². The van der Waals surface area contributed by atoms with E-state index in [2.05, 4.69) is 4.98 Å². The van der Waals surface area contributed by atoms with Gasteiger partial charge in [-0.3, -0.25) is 0 Å². The Labute approximate surface area is 121 Å². The number of rotatable bonds is 3. The van der Waals surface area contributed by atoms with Crippen LogP contribution in [0.15, 0.2) is 41.0 Å². The molecule has 0 aliphatic carbocycles. The number of halogens is 2. The molecule has 3 aromatic rings. The summed E-state index contributed by atoms with van der Waals surface area (Å²) in [5.74, 6) is 1.08. The van der Waals surface area contributed by atoms with Crippen LogP contribution < -0.4 is 0 Å². The van der Waals surface area contributed by atoms with Crippen LogP contribution in [-0.4, -0.2) is 9.55 Å². The van der Waals surface area contributed by atoms with Crippen LogP contribution in [0, 0.1) is 5.82 Å². The molecule has 5 heteroatoms. The average Bonchev–Trinajstić information content (AvgIpc) is 3.06. The second kappa shape index (κ2) is 4.94. The number of hydrogen-bond acceptors (Lipinski definition) is 2. The Bertz CT molecular complexity index is 734. The summed E-state index contributed by atoms with van der Waals surface area (Å²) in [7, 11) is 0. The molecule has 2 aromatic heterocycles. The molecule has 0 aliphatic rings. The van der Waals surface area contributed by atoms with Crippen LogP contribution in [0.3, 0.4) is 0 Å². The molecule has 3 rings (SSSR count). The molecule has 1 aromatic carbocycles. The number of aromatic nitrogens is 2. The van der Waals surface area contributed by atoms with Crippen molar-refractivity contribution in [3.05, 3.63) is 54.0 Å². The molecule has 104 valence electrons. The molecule has 0 bridgehead atoms. The predicted molar refractivity (Wildman–Crippen MR) is 76.5 cm³/mol. The standard InChI is InChI=1S/C15H14ClFN2O/c1-9(16)15-18-14-11(17)5-3-6-12(14)19(15)10(2)13-7-4-8-20-13/h3-10H,1-2H3. The van der Waals surface area contributed by atoms with Crippen LogP contribution in [0.25, 0.3) is 11.0 Å². The summed E-state index contributed by atoms with van der Waals surface area (Å²) in [6.45, 7) is 3.81. The molecule has 20 heavy (non-hydrogen) atoms. The van der Waals surface area contributed by atoms with Crippen molar-refractivity contribution in [2.75, 3.05) is 0 Å². The molecule has 0 radical (unpaired) electrons. The minimum absolute atomic E-state index is 0.104. The van der Waals surface area contributed by atoms with Crippen LogP contribution in [0.5, 0.6) is 0 Å². The van der Waals surface area contributed by atoms with E-state index in [9.17, 15) is 4.39 Å². The van der Waals surface area contributed by atoms with E-state index in [1.807, 2.05) is 36.6 Å². The third-order valence-corrected chi connectivity index (χ3v) is 3.59. The largest absolute Gasteiger partial charge is 0.467 e. The predicted octanol–water partition coefficient (Wildman–Crippen LogP) is 4.68. The Morgan fingerprint density at radius 3 is 2.70 bits per heavy atom. The first-order valence-corrected chi connectivity index (χ1v) is 6.87. The lowest BCUT2D eigenvalue weighted by molar-refractivity contribution is 0.444. The van der Waals surface area contributed by atoms with Gasteiger partial charge in [0.2, 0.25) is 0 Å². The molecule has 3 nitrogen and oxygen atoms in total. The van der Waals surface area contributed by atoms with Crippen molar-refractivity contribution in [3.8, 4) is 0 Å². The molecule has 0 amide bonds. The molecule has 0 saturated carbocycles. The fourth-order valence-corrected chi connectivity index (χ4v) is 2.60. The van der Waals surface area contributed by atoms with Crippen LogP contribution >= 0.6 is 11.6 Å². The minimum atomic E-state index is -0.341. The maximum absolute atomic E-state index is 13.9. The summed E-state index contributed by atoms with van der Waals surface area (Å²) in [4.78, 5) is 4.36. The van der Waals surface area contributed by atoms with Crippen LogP contribution in [-0.2, 0) is 0 Å². The molecule has 0 saturated heterocycles. The van der Waals surface area contributed by atoms with Gasteiger partial charge in [0.15, 0.2) is 5.82 Å². The van der Waals surface area contributed by atoms with Gasteiger partial charge in [0.1, 0.15) is 17.1 Å². The normalized spacial score (nSPS) is 14.6. The van der Waals surface area contributed by atoms with Gasteiger partial charge in [-0.15, -0.1) is 11.6 Å². The van der Waals surface area contributed by atoms with E-state index in [-0.39, 0.29) is 17.2 Å². The van der Waals surface area contributed by atoms with Crippen LogP contribution in [0.4, 0.5) is 4.39 Å². The molecule has 0 spiro atoms. The van der Waals surface area contributed by atoms with Gasteiger partial charge >= 0.3 is 0 Å². The van der Waals surface area contributed by atoms with E-state index >= 15 is 0 Å². The zero-order chi connectivity index (χ0) is 14.3. The molecular weight excluding hydrogens is 279 g/mol. The fourth-order valence-electron chi connectivity index (χ4n) is 2.44. The fraction of sp³-hybridized carbons (Fsp3) is 0.267. The lowest BCUT2D eigenvalue weighted by atomic mass is 10.2. The highest BCUT2D eigenvalue weighted by molar-refractivity contribution is 6.20. The highest BCUT2D eigenvalue weighted by atomic mass is 35.5. The van der Waals surface area contributed by atoms with Gasteiger partial charge in [-0.25, -0.2) is 9.37 Å². The van der Waals surface area contributed by atoms with Crippen LogP contribution in [0.2, 0.25) is 0 Å². The molecule has 2 unspecified atom stereocenters. The summed E-state index contributed by atoms with van der Waals surface area (Å²) in [5, 5.41) is -0.320. The maximum Gasteiger partial charge on any atom is 0.151 e. The number of nitrogens with zero attached hydrogens (tertiary/aromatic N) is 2. The first kappa shape index (κ1) is 13.2. The van der Waals surface area contributed by atoms with Gasteiger partial charge in [0.25, 0.3) is 0 Å². The lowest BCUT2D eigenvalue weighted by Gasteiger charge is -2.16. The van der Waals surface area contributed by atoms with Crippen LogP contribution in [0.1, 0.15) is 36.9 Å². The van der Waals surface area contributed by atoms with E-state index in [1.54, 1.807) is 12.3 Å². The zero-order valence-electron chi connectivity index (χ0n) is 11.2. The first-order valence-electron chi connectivity index (χ1n) is 6.43. The molecule has 2 heterocycles. The Balaban J connectivity index is 2.27. The van der Waals surface area contributed by atoms with E-state index in [0.29, 0.717) is 11.3 Å². The number of alkyl halides is 1. The number of benzene rings is 1. The Morgan fingerprint density at radius 2 is 2.05 bits per heavy atom. The van der Waals surface area contributed by atoms with E-state index in [1.165, 1.54) is 6.07 Å². The number of fused-ring (bicyclic) bond motifs is 1.